The van der Waals surface area contributed by atoms with Crippen LogP contribution in [0.3, 0.4) is 0 Å². The Hall–Kier alpha value is -1.16. The Bertz CT molecular complexity index is 446. The second kappa shape index (κ2) is 5.68. The quantitative estimate of drug-likeness (QED) is 0.920. The molecule has 0 aliphatic carbocycles. The van der Waals surface area contributed by atoms with E-state index in [0.29, 0.717) is 12.0 Å². The summed E-state index contributed by atoms with van der Waals surface area (Å²) in [4.78, 5) is 11.3. The van der Waals surface area contributed by atoms with Crippen LogP contribution >= 0.6 is 0 Å². The highest BCUT2D eigenvalue weighted by molar-refractivity contribution is 5.37. The number of fused-ring (bicyclic) bond motifs is 2. The molecule has 0 radical (unpaired) electrons. The molecule has 0 spiro atoms. The molecule has 0 aromatic carbocycles. The number of anilines is 1. The maximum atomic E-state index is 4.39. The van der Waals surface area contributed by atoms with Crippen molar-refractivity contribution in [1.82, 2.24) is 14.9 Å². The van der Waals surface area contributed by atoms with E-state index < -0.39 is 0 Å². The van der Waals surface area contributed by atoms with E-state index in [2.05, 4.69) is 47.1 Å². The molecule has 2 aliphatic rings. The summed E-state index contributed by atoms with van der Waals surface area (Å²) in [5, 5.41) is 3.65. The van der Waals surface area contributed by atoms with Crippen molar-refractivity contribution in [3.63, 3.8) is 0 Å². The van der Waals surface area contributed by atoms with Gasteiger partial charge in [-0.15, -0.1) is 0 Å². The summed E-state index contributed by atoms with van der Waals surface area (Å²) < 4.78 is 0. The van der Waals surface area contributed by atoms with Gasteiger partial charge in [-0.2, -0.15) is 0 Å². The molecule has 2 fully saturated rings. The molecule has 110 valence electrons. The number of nitrogens with zero attached hydrogens (tertiary/aromatic N) is 3. The SMILES string of the molecule is CC(C)c1cc(NC2CC3CCCC(C2)N3C)ncn1. The summed E-state index contributed by atoms with van der Waals surface area (Å²) >= 11 is 0. The molecule has 4 heteroatoms. The second-order valence-electron chi connectivity index (χ2n) is 6.70. The van der Waals surface area contributed by atoms with E-state index in [9.17, 15) is 0 Å². The zero-order chi connectivity index (χ0) is 14.1. The summed E-state index contributed by atoms with van der Waals surface area (Å²) in [6, 6.07) is 4.19. The van der Waals surface area contributed by atoms with Crippen molar-refractivity contribution in [3.8, 4) is 0 Å². The van der Waals surface area contributed by atoms with E-state index in [4.69, 9.17) is 0 Å². The molecule has 3 rings (SSSR count). The van der Waals surface area contributed by atoms with Crippen LogP contribution in [-0.2, 0) is 0 Å². The van der Waals surface area contributed by atoms with E-state index in [0.717, 1.165) is 23.6 Å². The Kier molecular flexibility index (Phi) is 3.92. The Morgan fingerprint density at radius 2 is 1.90 bits per heavy atom. The fraction of sp³-hybridized carbons (Fsp3) is 0.750. The molecule has 3 heterocycles. The van der Waals surface area contributed by atoms with Crippen molar-refractivity contribution in [2.45, 2.75) is 70.0 Å². The average Bonchev–Trinajstić information content (AvgIpc) is 2.40. The first kappa shape index (κ1) is 13.8. The molecule has 4 nitrogen and oxygen atoms in total. The molecule has 2 aliphatic heterocycles. The van der Waals surface area contributed by atoms with Crippen LogP contribution in [0.4, 0.5) is 5.82 Å². The van der Waals surface area contributed by atoms with Gasteiger partial charge >= 0.3 is 0 Å². The van der Waals surface area contributed by atoms with E-state index >= 15 is 0 Å². The smallest absolute Gasteiger partial charge is 0.129 e. The van der Waals surface area contributed by atoms with Gasteiger partial charge in [0, 0.05) is 29.9 Å². The summed E-state index contributed by atoms with van der Waals surface area (Å²) in [5.41, 5.74) is 1.12. The lowest BCUT2D eigenvalue weighted by Gasteiger charge is -2.47. The zero-order valence-electron chi connectivity index (χ0n) is 12.8. The van der Waals surface area contributed by atoms with Crippen molar-refractivity contribution >= 4 is 5.82 Å². The van der Waals surface area contributed by atoms with Gasteiger partial charge in [0.15, 0.2) is 0 Å². The molecule has 20 heavy (non-hydrogen) atoms. The van der Waals surface area contributed by atoms with Gasteiger partial charge in [0.05, 0.1) is 0 Å². The normalized spacial score (nSPS) is 30.5. The standard InChI is InChI=1S/C16H26N4/c1-11(2)15-9-16(18-10-17-15)19-12-7-13-5-4-6-14(8-12)20(13)3/h9-14H,4-8H2,1-3H3,(H,17,18,19). The predicted octanol–water partition coefficient (Wildman–Crippen LogP) is 3.03. The molecule has 2 bridgehead atoms. The topological polar surface area (TPSA) is 41.0 Å². The fourth-order valence-corrected chi connectivity index (χ4v) is 3.71. The highest BCUT2D eigenvalue weighted by atomic mass is 15.2. The van der Waals surface area contributed by atoms with Crippen molar-refractivity contribution in [1.29, 1.82) is 0 Å². The maximum absolute atomic E-state index is 4.39. The lowest BCUT2D eigenvalue weighted by molar-refractivity contribution is 0.0608. The monoisotopic (exact) mass is 274 g/mol. The molecule has 2 unspecified atom stereocenters. The summed E-state index contributed by atoms with van der Waals surface area (Å²) in [7, 11) is 2.30. The van der Waals surface area contributed by atoms with Gasteiger partial charge in [-0.25, -0.2) is 9.97 Å². The molecule has 0 saturated carbocycles. The number of piperidine rings is 2. The van der Waals surface area contributed by atoms with Crippen LogP contribution in [-0.4, -0.2) is 40.0 Å². The first-order chi connectivity index (χ1) is 9.63. The number of hydrogen-bond acceptors (Lipinski definition) is 4. The largest absolute Gasteiger partial charge is 0.367 e. The maximum Gasteiger partial charge on any atom is 0.129 e. The van der Waals surface area contributed by atoms with E-state index in [-0.39, 0.29) is 0 Å². The molecule has 1 N–H and O–H groups in total. The fourth-order valence-electron chi connectivity index (χ4n) is 3.71. The minimum atomic E-state index is 0.454. The van der Waals surface area contributed by atoms with Crippen molar-refractivity contribution in [3.05, 3.63) is 18.1 Å². The van der Waals surface area contributed by atoms with Crippen LogP contribution < -0.4 is 5.32 Å². The number of rotatable bonds is 3. The Labute approximate surface area is 122 Å². The van der Waals surface area contributed by atoms with Crippen LogP contribution in [0.2, 0.25) is 0 Å². The lowest BCUT2D eigenvalue weighted by Crippen LogP contribution is -2.52. The third-order valence-electron chi connectivity index (χ3n) is 4.97. The number of hydrogen-bond donors (Lipinski definition) is 1. The van der Waals surface area contributed by atoms with Gasteiger partial charge in [-0.3, -0.25) is 0 Å². The zero-order valence-corrected chi connectivity index (χ0v) is 12.8. The van der Waals surface area contributed by atoms with Crippen LogP contribution in [0, 0.1) is 0 Å². The number of nitrogens with one attached hydrogen (secondary N) is 1. The van der Waals surface area contributed by atoms with Crippen molar-refractivity contribution in [2.75, 3.05) is 12.4 Å². The highest BCUT2D eigenvalue weighted by Crippen LogP contribution is 2.33. The van der Waals surface area contributed by atoms with E-state index in [1.165, 1.54) is 32.1 Å². The minimum Gasteiger partial charge on any atom is -0.367 e. The van der Waals surface area contributed by atoms with Gasteiger partial charge in [-0.1, -0.05) is 20.3 Å². The van der Waals surface area contributed by atoms with Crippen molar-refractivity contribution in [2.24, 2.45) is 0 Å². The van der Waals surface area contributed by atoms with Crippen LogP contribution in [0.15, 0.2) is 12.4 Å². The first-order valence-corrected chi connectivity index (χ1v) is 7.94. The average molecular weight is 274 g/mol. The van der Waals surface area contributed by atoms with Crippen LogP contribution in [0.1, 0.15) is 57.6 Å². The number of aromatic nitrogens is 2. The lowest BCUT2D eigenvalue weighted by atomic mass is 9.82. The molecule has 0 amide bonds. The third kappa shape index (κ3) is 2.80. The van der Waals surface area contributed by atoms with Gasteiger partial charge in [0.25, 0.3) is 0 Å². The third-order valence-corrected chi connectivity index (χ3v) is 4.97. The molecule has 1 aromatic heterocycles. The second-order valence-corrected chi connectivity index (χ2v) is 6.70. The first-order valence-electron chi connectivity index (χ1n) is 7.94. The van der Waals surface area contributed by atoms with Crippen LogP contribution in [0.5, 0.6) is 0 Å². The van der Waals surface area contributed by atoms with E-state index in [1.54, 1.807) is 6.33 Å². The molecule has 2 atom stereocenters. The predicted molar refractivity (Wildman–Crippen MR) is 82.0 cm³/mol. The van der Waals surface area contributed by atoms with Gasteiger partial charge in [0.1, 0.15) is 12.1 Å². The molecular formula is C16H26N4. The van der Waals surface area contributed by atoms with Gasteiger partial charge < -0.3 is 10.2 Å². The van der Waals surface area contributed by atoms with Crippen LogP contribution in [0.25, 0.3) is 0 Å². The molecular weight excluding hydrogens is 248 g/mol. The molecule has 1 aromatic rings. The Morgan fingerprint density at radius 1 is 1.20 bits per heavy atom. The summed E-state index contributed by atoms with van der Waals surface area (Å²) in [6.07, 6.45) is 8.28. The van der Waals surface area contributed by atoms with Gasteiger partial charge in [0.2, 0.25) is 0 Å². The van der Waals surface area contributed by atoms with Crippen molar-refractivity contribution < 1.29 is 0 Å². The summed E-state index contributed by atoms with van der Waals surface area (Å²) in [6.45, 7) is 4.35. The Morgan fingerprint density at radius 3 is 2.55 bits per heavy atom. The molecule has 2 saturated heterocycles. The van der Waals surface area contributed by atoms with E-state index in [1.807, 2.05) is 0 Å². The highest BCUT2D eigenvalue weighted by Gasteiger charge is 2.35. The minimum absolute atomic E-state index is 0.454. The summed E-state index contributed by atoms with van der Waals surface area (Å²) in [5.74, 6) is 1.45. The Balaban J connectivity index is 1.68. The van der Waals surface area contributed by atoms with Gasteiger partial charge in [-0.05, 0) is 38.6 Å².